The van der Waals surface area contributed by atoms with Crippen LogP contribution in [0, 0.1) is 0 Å². The second kappa shape index (κ2) is 5.94. The minimum Gasteiger partial charge on any atom is -0.456 e. The molecule has 0 aliphatic carbocycles. The summed E-state index contributed by atoms with van der Waals surface area (Å²) in [6.07, 6.45) is 0.729. The average molecular weight is 278 g/mol. The Balaban J connectivity index is 1.92. The Labute approximate surface area is 120 Å². The van der Waals surface area contributed by atoms with Gasteiger partial charge < -0.3 is 14.0 Å². The van der Waals surface area contributed by atoms with Gasteiger partial charge in [-0.15, -0.1) is 0 Å². The molecule has 1 aliphatic heterocycles. The van der Waals surface area contributed by atoms with Gasteiger partial charge in [-0.05, 0) is 19.1 Å². The molecule has 3 atom stereocenters. The minimum atomic E-state index is -0.267. The molecule has 0 unspecified atom stereocenters. The van der Waals surface area contributed by atoms with Crippen LogP contribution in [0.2, 0.25) is 0 Å². The fourth-order valence-electron chi connectivity index (χ4n) is 2.55. The summed E-state index contributed by atoms with van der Waals surface area (Å²) in [5.74, 6) is -0.267. The summed E-state index contributed by atoms with van der Waals surface area (Å²) in [6, 6.07) is 9.10. The van der Waals surface area contributed by atoms with Gasteiger partial charge in [-0.1, -0.05) is 18.2 Å². The third-order valence-electron chi connectivity index (χ3n) is 3.45. The average Bonchev–Trinajstić information content (AvgIpc) is 2.68. The van der Waals surface area contributed by atoms with E-state index in [1.54, 1.807) is 12.1 Å². The van der Waals surface area contributed by atoms with Crippen molar-refractivity contribution in [2.24, 2.45) is 0 Å². The Bertz CT molecular complexity index is 453. The van der Waals surface area contributed by atoms with Gasteiger partial charge in [-0.3, -0.25) is 0 Å². The van der Waals surface area contributed by atoms with E-state index in [0.29, 0.717) is 5.56 Å². The van der Waals surface area contributed by atoms with Crippen LogP contribution in [0.1, 0.15) is 23.7 Å². The third kappa shape index (κ3) is 4.05. The molecule has 2 rings (SSSR count). The van der Waals surface area contributed by atoms with Crippen LogP contribution in [-0.4, -0.2) is 56.5 Å². The zero-order valence-corrected chi connectivity index (χ0v) is 12.7. The van der Waals surface area contributed by atoms with Crippen molar-refractivity contribution in [3.05, 3.63) is 35.9 Å². The van der Waals surface area contributed by atoms with E-state index in [0.717, 1.165) is 17.4 Å². The molecule has 0 spiro atoms. The lowest BCUT2D eigenvalue weighted by Crippen LogP contribution is -2.41. The Kier molecular flexibility index (Phi) is 4.45. The summed E-state index contributed by atoms with van der Waals surface area (Å²) in [4.78, 5) is 12.1. The van der Waals surface area contributed by atoms with E-state index in [1.807, 2.05) is 25.1 Å². The molecule has 1 aromatic carbocycles. The van der Waals surface area contributed by atoms with E-state index in [-0.39, 0.29) is 24.3 Å². The first-order chi connectivity index (χ1) is 9.35. The molecule has 1 fully saturated rings. The molecule has 4 nitrogen and oxygen atoms in total. The predicted octanol–water partition coefficient (Wildman–Crippen LogP) is 2.10. The van der Waals surface area contributed by atoms with E-state index in [2.05, 4.69) is 21.1 Å². The molecule has 0 aromatic heterocycles. The highest BCUT2D eigenvalue weighted by Gasteiger charge is 2.37. The standard InChI is InChI=1S/C16H24NO3/c1-12-15(10-14(19-12)11-17(2,3)4)20-16(18)13-8-6-5-7-9-13/h5-9,12,14-15H,10-11H2,1-4H3/q+1/t12-,14+,15+/m0/s1. The summed E-state index contributed by atoms with van der Waals surface area (Å²) in [5, 5.41) is 0. The number of likely N-dealkylation sites (N-methyl/N-ethyl adjacent to an activating group) is 1. The summed E-state index contributed by atoms with van der Waals surface area (Å²) >= 11 is 0. The van der Waals surface area contributed by atoms with Crippen LogP contribution in [0.25, 0.3) is 0 Å². The Morgan fingerprint density at radius 1 is 1.30 bits per heavy atom. The van der Waals surface area contributed by atoms with Crippen LogP contribution in [0.15, 0.2) is 30.3 Å². The van der Waals surface area contributed by atoms with Crippen molar-refractivity contribution in [2.75, 3.05) is 27.7 Å². The number of nitrogens with zero attached hydrogens (tertiary/aromatic N) is 1. The smallest absolute Gasteiger partial charge is 0.338 e. The van der Waals surface area contributed by atoms with Crippen molar-refractivity contribution < 1.29 is 18.8 Å². The highest BCUT2D eigenvalue weighted by molar-refractivity contribution is 5.89. The SMILES string of the molecule is C[C@@H]1O[C@@H](C[N+](C)(C)C)C[C@H]1OC(=O)c1ccccc1. The summed E-state index contributed by atoms with van der Waals surface area (Å²) in [6.45, 7) is 2.89. The van der Waals surface area contributed by atoms with Crippen LogP contribution >= 0.6 is 0 Å². The normalized spacial score (nSPS) is 26.5. The van der Waals surface area contributed by atoms with Gasteiger partial charge in [0.15, 0.2) is 0 Å². The van der Waals surface area contributed by atoms with Gasteiger partial charge in [0.05, 0.1) is 32.8 Å². The number of benzene rings is 1. The number of rotatable bonds is 4. The Morgan fingerprint density at radius 2 is 1.95 bits per heavy atom. The lowest BCUT2D eigenvalue weighted by Gasteiger charge is -2.26. The van der Waals surface area contributed by atoms with Gasteiger partial charge in [-0.2, -0.15) is 0 Å². The second-order valence-electron chi connectivity index (χ2n) is 6.48. The summed E-state index contributed by atoms with van der Waals surface area (Å²) in [5.41, 5.74) is 0.592. The van der Waals surface area contributed by atoms with Crippen molar-refractivity contribution in [1.29, 1.82) is 0 Å². The number of quaternary nitrogens is 1. The molecule has 0 bridgehead atoms. The maximum atomic E-state index is 12.1. The molecule has 4 heteroatoms. The molecule has 0 saturated carbocycles. The molecule has 110 valence electrons. The molecule has 0 radical (unpaired) electrons. The van der Waals surface area contributed by atoms with Crippen molar-refractivity contribution in [3.8, 4) is 0 Å². The number of ether oxygens (including phenoxy) is 2. The fourth-order valence-corrected chi connectivity index (χ4v) is 2.55. The Hall–Kier alpha value is -1.39. The van der Waals surface area contributed by atoms with Crippen molar-refractivity contribution in [1.82, 2.24) is 0 Å². The lowest BCUT2D eigenvalue weighted by atomic mass is 10.1. The van der Waals surface area contributed by atoms with Gasteiger partial charge >= 0.3 is 5.97 Å². The molecule has 1 aliphatic rings. The molecular weight excluding hydrogens is 254 g/mol. The number of hydrogen-bond donors (Lipinski definition) is 0. The van der Waals surface area contributed by atoms with E-state index >= 15 is 0 Å². The highest BCUT2D eigenvalue weighted by Crippen LogP contribution is 2.25. The van der Waals surface area contributed by atoms with Crippen molar-refractivity contribution in [3.63, 3.8) is 0 Å². The lowest BCUT2D eigenvalue weighted by molar-refractivity contribution is -0.873. The second-order valence-corrected chi connectivity index (χ2v) is 6.48. The van der Waals surface area contributed by atoms with Gasteiger partial charge in [0.1, 0.15) is 18.8 Å². The third-order valence-corrected chi connectivity index (χ3v) is 3.45. The first-order valence-electron chi connectivity index (χ1n) is 7.07. The van der Waals surface area contributed by atoms with Crippen molar-refractivity contribution >= 4 is 5.97 Å². The fraction of sp³-hybridized carbons (Fsp3) is 0.562. The van der Waals surface area contributed by atoms with Gasteiger partial charge in [0.25, 0.3) is 0 Å². The van der Waals surface area contributed by atoms with Crippen LogP contribution in [-0.2, 0) is 9.47 Å². The Morgan fingerprint density at radius 3 is 2.55 bits per heavy atom. The van der Waals surface area contributed by atoms with Crippen LogP contribution in [0.3, 0.4) is 0 Å². The maximum absolute atomic E-state index is 12.1. The first kappa shape index (κ1) is 15.0. The molecule has 1 aromatic rings. The molecule has 1 saturated heterocycles. The monoisotopic (exact) mass is 278 g/mol. The zero-order valence-electron chi connectivity index (χ0n) is 12.7. The largest absolute Gasteiger partial charge is 0.456 e. The number of carbonyl (C=O) groups excluding carboxylic acids is 1. The maximum Gasteiger partial charge on any atom is 0.338 e. The topological polar surface area (TPSA) is 35.5 Å². The van der Waals surface area contributed by atoms with Gasteiger partial charge in [-0.25, -0.2) is 4.79 Å². The number of esters is 1. The molecule has 20 heavy (non-hydrogen) atoms. The quantitative estimate of drug-likeness (QED) is 0.625. The number of hydrogen-bond acceptors (Lipinski definition) is 3. The van der Waals surface area contributed by atoms with E-state index in [9.17, 15) is 4.79 Å². The van der Waals surface area contributed by atoms with E-state index < -0.39 is 0 Å². The molecule has 0 N–H and O–H groups in total. The minimum absolute atomic E-state index is 0.0424. The summed E-state index contributed by atoms with van der Waals surface area (Å²) < 4.78 is 12.3. The van der Waals surface area contributed by atoms with Crippen LogP contribution in [0.5, 0.6) is 0 Å². The van der Waals surface area contributed by atoms with E-state index in [4.69, 9.17) is 9.47 Å². The molecule has 1 heterocycles. The highest BCUT2D eigenvalue weighted by atomic mass is 16.6. The molecule has 0 amide bonds. The van der Waals surface area contributed by atoms with Gasteiger partial charge in [0.2, 0.25) is 0 Å². The first-order valence-corrected chi connectivity index (χ1v) is 7.07. The predicted molar refractivity (Wildman–Crippen MR) is 77.5 cm³/mol. The van der Waals surface area contributed by atoms with Crippen LogP contribution in [0.4, 0.5) is 0 Å². The van der Waals surface area contributed by atoms with Crippen molar-refractivity contribution in [2.45, 2.75) is 31.7 Å². The zero-order chi connectivity index (χ0) is 14.8. The number of carbonyl (C=O) groups is 1. The molecular formula is C16H24NO3+. The van der Waals surface area contributed by atoms with E-state index in [1.165, 1.54) is 0 Å². The van der Waals surface area contributed by atoms with Crippen LogP contribution < -0.4 is 0 Å². The van der Waals surface area contributed by atoms with Gasteiger partial charge in [0, 0.05) is 6.42 Å². The summed E-state index contributed by atoms with van der Waals surface area (Å²) in [7, 11) is 6.41.